The molecule has 0 amide bonds. The van der Waals surface area contributed by atoms with E-state index in [1.165, 1.54) is 6.07 Å². The minimum Gasteiger partial charge on any atom is -0.360 e. The molecule has 0 radical (unpaired) electrons. The van der Waals surface area contributed by atoms with Crippen LogP contribution in [0.5, 0.6) is 0 Å². The minimum atomic E-state index is -0.365. The van der Waals surface area contributed by atoms with Crippen molar-refractivity contribution in [3.63, 3.8) is 0 Å². The summed E-state index contributed by atoms with van der Waals surface area (Å²) in [4.78, 5) is 12.8. The molecule has 2 N–H and O–H groups in total. The summed E-state index contributed by atoms with van der Waals surface area (Å²) in [6.45, 7) is 1.55. The molecule has 5 nitrogen and oxygen atoms in total. The van der Waals surface area contributed by atoms with Crippen LogP contribution in [0, 0.1) is 10.1 Å². The maximum atomic E-state index is 11.2. The zero-order chi connectivity index (χ0) is 15.2. The standard InChI is InChI=1S/C15H16BrN3O2/c16-13-6-7-14(19(20)21)15(10-13)18(9-8-17)11-12-4-2-1-3-5-12/h1-7,10H,8-9,11,17H2. The van der Waals surface area contributed by atoms with E-state index >= 15 is 0 Å². The van der Waals surface area contributed by atoms with Crippen molar-refractivity contribution in [3.8, 4) is 0 Å². The summed E-state index contributed by atoms with van der Waals surface area (Å²) in [6, 6.07) is 14.8. The Kier molecular flexibility index (Phi) is 5.30. The number of halogens is 1. The van der Waals surface area contributed by atoms with Crippen LogP contribution in [0.2, 0.25) is 0 Å². The van der Waals surface area contributed by atoms with E-state index in [-0.39, 0.29) is 10.6 Å². The van der Waals surface area contributed by atoms with E-state index in [0.29, 0.717) is 25.3 Å². The van der Waals surface area contributed by atoms with Gasteiger partial charge in [0.15, 0.2) is 0 Å². The highest BCUT2D eigenvalue weighted by Crippen LogP contribution is 2.32. The third-order valence-electron chi connectivity index (χ3n) is 3.09. The highest BCUT2D eigenvalue weighted by molar-refractivity contribution is 9.10. The van der Waals surface area contributed by atoms with Crippen molar-refractivity contribution in [1.29, 1.82) is 0 Å². The Morgan fingerprint density at radius 3 is 2.52 bits per heavy atom. The predicted octanol–water partition coefficient (Wildman–Crippen LogP) is 3.32. The SMILES string of the molecule is NCCN(Cc1ccccc1)c1cc(Br)ccc1[N+](=O)[O-]. The van der Waals surface area contributed by atoms with Crippen LogP contribution < -0.4 is 10.6 Å². The van der Waals surface area contributed by atoms with Gasteiger partial charge in [0.1, 0.15) is 5.69 Å². The average Bonchev–Trinajstić information content (AvgIpc) is 2.47. The number of nitro groups is 1. The van der Waals surface area contributed by atoms with Crippen LogP contribution in [-0.4, -0.2) is 18.0 Å². The lowest BCUT2D eigenvalue weighted by Gasteiger charge is -2.24. The normalized spacial score (nSPS) is 10.4. The van der Waals surface area contributed by atoms with Crippen LogP contribution in [-0.2, 0) is 6.54 Å². The molecular weight excluding hydrogens is 334 g/mol. The van der Waals surface area contributed by atoms with E-state index in [1.807, 2.05) is 35.2 Å². The van der Waals surface area contributed by atoms with Crippen molar-refractivity contribution in [2.45, 2.75) is 6.54 Å². The van der Waals surface area contributed by atoms with Crippen LogP contribution in [0.3, 0.4) is 0 Å². The molecule has 21 heavy (non-hydrogen) atoms. The number of anilines is 1. The van der Waals surface area contributed by atoms with Gasteiger partial charge in [-0.3, -0.25) is 10.1 Å². The van der Waals surface area contributed by atoms with Gasteiger partial charge in [0.2, 0.25) is 0 Å². The lowest BCUT2D eigenvalue weighted by atomic mass is 10.2. The Morgan fingerprint density at radius 1 is 1.19 bits per heavy atom. The molecule has 110 valence electrons. The summed E-state index contributed by atoms with van der Waals surface area (Å²) < 4.78 is 0.804. The molecule has 0 fully saturated rings. The number of nitro benzene ring substituents is 1. The van der Waals surface area contributed by atoms with Gasteiger partial charge in [-0.1, -0.05) is 46.3 Å². The molecule has 0 aliphatic carbocycles. The van der Waals surface area contributed by atoms with Gasteiger partial charge in [0.25, 0.3) is 5.69 Å². The van der Waals surface area contributed by atoms with Crippen molar-refractivity contribution in [2.24, 2.45) is 5.73 Å². The first-order valence-corrected chi connectivity index (χ1v) is 7.34. The number of hydrogen-bond donors (Lipinski definition) is 1. The fraction of sp³-hybridized carbons (Fsp3) is 0.200. The van der Waals surface area contributed by atoms with E-state index in [0.717, 1.165) is 10.0 Å². The predicted molar refractivity (Wildman–Crippen MR) is 87.3 cm³/mol. The summed E-state index contributed by atoms with van der Waals surface area (Å²) in [6.07, 6.45) is 0. The smallest absolute Gasteiger partial charge is 0.292 e. The van der Waals surface area contributed by atoms with Gasteiger partial charge in [-0.15, -0.1) is 0 Å². The van der Waals surface area contributed by atoms with Crippen LogP contribution in [0.25, 0.3) is 0 Å². The van der Waals surface area contributed by atoms with Gasteiger partial charge >= 0.3 is 0 Å². The van der Waals surface area contributed by atoms with Gasteiger partial charge in [-0.05, 0) is 17.7 Å². The zero-order valence-electron chi connectivity index (χ0n) is 11.4. The molecule has 0 heterocycles. The highest BCUT2D eigenvalue weighted by atomic mass is 79.9. The third kappa shape index (κ3) is 4.03. The summed E-state index contributed by atoms with van der Waals surface area (Å²) in [5, 5.41) is 11.2. The molecule has 2 rings (SSSR count). The zero-order valence-corrected chi connectivity index (χ0v) is 13.0. The maximum Gasteiger partial charge on any atom is 0.292 e. The topological polar surface area (TPSA) is 72.4 Å². The molecule has 0 aliphatic rings. The molecule has 0 aromatic heterocycles. The minimum absolute atomic E-state index is 0.0857. The van der Waals surface area contributed by atoms with Crippen molar-refractivity contribution in [1.82, 2.24) is 0 Å². The summed E-state index contributed by atoms with van der Waals surface area (Å²) in [5.74, 6) is 0. The molecule has 0 bridgehead atoms. The maximum absolute atomic E-state index is 11.2. The molecular formula is C15H16BrN3O2. The van der Waals surface area contributed by atoms with E-state index in [4.69, 9.17) is 5.73 Å². The molecule has 0 unspecified atom stereocenters. The molecule has 0 atom stereocenters. The number of benzene rings is 2. The van der Waals surface area contributed by atoms with E-state index in [9.17, 15) is 10.1 Å². The summed E-state index contributed by atoms with van der Waals surface area (Å²) in [7, 11) is 0. The molecule has 6 heteroatoms. The number of rotatable bonds is 6. The van der Waals surface area contributed by atoms with Crippen molar-refractivity contribution >= 4 is 27.3 Å². The van der Waals surface area contributed by atoms with Crippen LogP contribution in [0.1, 0.15) is 5.56 Å². The van der Waals surface area contributed by atoms with Crippen molar-refractivity contribution in [3.05, 3.63) is 68.7 Å². The molecule has 0 aliphatic heterocycles. The fourth-order valence-corrected chi connectivity index (χ4v) is 2.50. The monoisotopic (exact) mass is 349 g/mol. The summed E-state index contributed by atoms with van der Waals surface area (Å²) >= 11 is 3.37. The first kappa shape index (κ1) is 15.5. The number of nitrogens with zero attached hydrogens (tertiary/aromatic N) is 2. The lowest BCUT2D eigenvalue weighted by Crippen LogP contribution is -2.29. The Morgan fingerprint density at radius 2 is 1.90 bits per heavy atom. The molecule has 0 saturated carbocycles. The summed E-state index contributed by atoms with van der Waals surface area (Å²) in [5.41, 5.74) is 7.40. The fourth-order valence-electron chi connectivity index (χ4n) is 2.15. The van der Waals surface area contributed by atoms with Crippen LogP contribution in [0.15, 0.2) is 53.0 Å². The second kappa shape index (κ2) is 7.19. The quantitative estimate of drug-likeness (QED) is 0.641. The highest BCUT2D eigenvalue weighted by Gasteiger charge is 2.19. The average molecular weight is 350 g/mol. The first-order chi connectivity index (χ1) is 10.1. The van der Waals surface area contributed by atoms with Gasteiger partial charge in [0, 0.05) is 30.2 Å². The Hall–Kier alpha value is -1.92. The molecule has 2 aromatic rings. The second-order valence-electron chi connectivity index (χ2n) is 4.59. The molecule has 0 spiro atoms. The molecule has 2 aromatic carbocycles. The van der Waals surface area contributed by atoms with Crippen molar-refractivity contribution in [2.75, 3.05) is 18.0 Å². The third-order valence-corrected chi connectivity index (χ3v) is 3.58. The second-order valence-corrected chi connectivity index (χ2v) is 5.50. The largest absolute Gasteiger partial charge is 0.360 e. The Balaban J connectivity index is 2.37. The Labute approximate surface area is 131 Å². The lowest BCUT2D eigenvalue weighted by molar-refractivity contribution is -0.384. The van der Waals surface area contributed by atoms with Gasteiger partial charge in [-0.25, -0.2) is 0 Å². The Bertz CT molecular complexity index is 620. The van der Waals surface area contributed by atoms with E-state index < -0.39 is 0 Å². The van der Waals surface area contributed by atoms with Gasteiger partial charge < -0.3 is 10.6 Å². The number of hydrogen-bond acceptors (Lipinski definition) is 4. The van der Waals surface area contributed by atoms with Gasteiger partial charge in [0.05, 0.1) is 4.92 Å². The molecule has 0 saturated heterocycles. The van der Waals surface area contributed by atoms with Crippen LogP contribution in [0.4, 0.5) is 11.4 Å². The van der Waals surface area contributed by atoms with E-state index in [1.54, 1.807) is 12.1 Å². The van der Waals surface area contributed by atoms with Gasteiger partial charge in [-0.2, -0.15) is 0 Å². The first-order valence-electron chi connectivity index (χ1n) is 6.54. The van der Waals surface area contributed by atoms with Crippen molar-refractivity contribution < 1.29 is 4.92 Å². The van der Waals surface area contributed by atoms with Crippen LogP contribution >= 0.6 is 15.9 Å². The number of nitrogens with two attached hydrogens (primary N) is 1. The van der Waals surface area contributed by atoms with E-state index in [2.05, 4.69) is 15.9 Å².